The van der Waals surface area contributed by atoms with E-state index >= 15 is 0 Å². The van der Waals surface area contributed by atoms with Gasteiger partial charge in [-0.1, -0.05) is 6.07 Å². The van der Waals surface area contributed by atoms with Crippen molar-refractivity contribution >= 4 is 41.5 Å². The molecule has 0 spiro atoms. The van der Waals surface area contributed by atoms with Gasteiger partial charge in [0.25, 0.3) is 0 Å². The van der Waals surface area contributed by atoms with E-state index in [-0.39, 0.29) is 42.2 Å². The van der Waals surface area contributed by atoms with Crippen LogP contribution in [0.1, 0.15) is 26.7 Å². The van der Waals surface area contributed by atoms with Crippen LogP contribution in [0.2, 0.25) is 0 Å². The van der Waals surface area contributed by atoms with Gasteiger partial charge in [-0.15, -0.1) is 24.0 Å². The third kappa shape index (κ3) is 7.45. The Morgan fingerprint density at radius 1 is 1.35 bits per heavy atom. The number of nitrogens with zero attached hydrogens (tertiary/aromatic N) is 2. The van der Waals surface area contributed by atoms with Crippen LogP contribution in [-0.2, 0) is 4.79 Å². The van der Waals surface area contributed by atoms with Gasteiger partial charge in [-0.2, -0.15) is 0 Å². The summed E-state index contributed by atoms with van der Waals surface area (Å²) in [6.45, 7) is 6.62. The Labute approximate surface area is 172 Å². The summed E-state index contributed by atoms with van der Waals surface area (Å²) in [6, 6.07) is 6.76. The molecule has 1 heterocycles. The summed E-state index contributed by atoms with van der Waals surface area (Å²) in [4.78, 5) is 18.6. The Morgan fingerprint density at radius 3 is 2.62 bits per heavy atom. The van der Waals surface area contributed by atoms with Crippen LogP contribution < -0.4 is 16.0 Å². The molecule has 0 aliphatic carbocycles. The van der Waals surface area contributed by atoms with Gasteiger partial charge in [-0.25, -0.2) is 4.39 Å². The predicted molar refractivity (Wildman–Crippen MR) is 115 cm³/mol. The third-order valence-corrected chi connectivity index (χ3v) is 4.35. The van der Waals surface area contributed by atoms with Crippen molar-refractivity contribution in [2.45, 2.75) is 38.8 Å². The predicted octanol–water partition coefficient (Wildman–Crippen LogP) is 2.42. The maximum absolute atomic E-state index is 13.1. The average molecular weight is 477 g/mol. The quantitative estimate of drug-likeness (QED) is 0.346. The van der Waals surface area contributed by atoms with Crippen molar-refractivity contribution in [3.8, 4) is 0 Å². The van der Waals surface area contributed by atoms with Gasteiger partial charge in [-0.05, 0) is 44.9 Å². The molecule has 3 N–H and O–H groups in total. The number of rotatable bonds is 5. The fraction of sp³-hybridized carbons (Fsp3) is 0.556. The molecule has 1 saturated heterocycles. The highest BCUT2D eigenvalue weighted by molar-refractivity contribution is 14.0. The highest BCUT2D eigenvalue weighted by Crippen LogP contribution is 2.12. The highest BCUT2D eigenvalue weighted by atomic mass is 127. The van der Waals surface area contributed by atoms with Crippen molar-refractivity contribution in [3.05, 3.63) is 30.1 Å². The second kappa shape index (κ2) is 11.3. The Bertz CT molecular complexity index is 603. The Morgan fingerprint density at radius 2 is 2.04 bits per heavy atom. The normalized spacial score (nSPS) is 16.1. The number of benzene rings is 1. The number of nitrogens with one attached hydrogen (secondary N) is 3. The Balaban J connectivity index is 0.00000338. The number of carbonyl (C=O) groups is 1. The molecular formula is C18H29FIN5O. The number of hydrogen-bond donors (Lipinski definition) is 3. The fourth-order valence-corrected chi connectivity index (χ4v) is 2.88. The maximum Gasteiger partial charge on any atom is 0.243 e. The van der Waals surface area contributed by atoms with Gasteiger partial charge in [0, 0.05) is 37.9 Å². The Kier molecular flexibility index (Phi) is 9.85. The van der Waals surface area contributed by atoms with Crippen molar-refractivity contribution in [1.82, 2.24) is 15.5 Å². The number of amides is 1. The molecule has 8 heteroatoms. The van der Waals surface area contributed by atoms with E-state index in [9.17, 15) is 9.18 Å². The first-order valence-corrected chi connectivity index (χ1v) is 8.74. The summed E-state index contributed by atoms with van der Waals surface area (Å²) in [5, 5.41) is 9.02. The van der Waals surface area contributed by atoms with Gasteiger partial charge < -0.3 is 20.9 Å². The number of hydrogen-bond acceptors (Lipinski definition) is 3. The van der Waals surface area contributed by atoms with Crippen molar-refractivity contribution < 1.29 is 9.18 Å². The zero-order valence-corrected chi connectivity index (χ0v) is 17.9. The van der Waals surface area contributed by atoms with Gasteiger partial charge in [0.1, 0.15) is 5.82 Å². The smallest absolute Gasteiger partial charge is 0.243 e. The Hall–Kier alpha value is -1.42. The van der Waals surface area contributed by atoms with Crippen molar-refractivity contribution in [1.29, 1.82) is 0 Å². The van der Waals surface area contributed by atoms with E-state index in [4.69, 9.17) is 0 Å². The van der Waals surface area contributed by atoms with Crippen LogP contribution >= 0.6 is 24.0 Å². The first kappa shape index (κ1) is 22.6. The number of halogens is 2. The molecule has 6 nitrogen and oxygen atoms in total. The number of piperidine rings is 1. The molecule has 0 unspecified atom stereocenters. The molecule has 0 radical (unpaired) electrons. The van der Waals surface area contributed by atoms with Crippen LogP contribution in [0.15, 0.2) is 29.3 Å². The summed E-state index contributed by atoms with van der Waals surface area (Å²) in [7, 11) is 1.68. The molecular weight excluding hydrogens is 448 g/mol. The molecule has 0 atom stereocenters. The standard InChI is InChI=1S/C18H28FN5O.HI/c1-13(2)24-9-7-15(8-10-24)23-18(20-3)21-12-17(25)22-16-6-4-5-14(19)11-16;/h4-6,11,13,15H,7-10,12H2,1-3H3,(H,22,25)(H2,20,21,23);1H. The molecule has 1 fully saturated rings. The molecule has 0 bridgehead atoms. The summed E-state index contributed by atoms with van der Waals surface area (Å²) in [6.07, 6.45) is 2.10. The minimum absolute atomic E-state index is 0. The topological polar surface area (TPSA) is 68.8 Å². The number of guanidine groups is 1. The molecule has 2 rings (SSSR count). The van der Waals surface area contributed by atoms with E-state index in [1.807, 2.05) is 0 Å². The van der Waals surface area contributed by atoms with E-state index in [0.717, 1.165) is 25.9 Å². The zero-order valence-electron chi connectivity index (χ0n) is 15.6. The molecule has 1 aliphatic rings. The molecule has 1 aliphatic heterocycles. The molecule has 0 saturated carbocycles. The van der Waals surface area contributed by atoms with Crippen molar-refractivity contribution in [3.63, 3.8) is 0 Å². The molecule has 1 amide bonds. The zero-order chi connectivity index (χ0) is 18.2. The maximum atomic E-state index is 13.1. The van der Waals surface area contributed by atoms with E-state index < -0.39 is 0 Å². The summed E-state index contributed by atoms with van der Waals surface area (Å²) in [5.74, 6) is -0.0171. The van der Waals surface area contributed by atoms with E-state index in [2.05, 4.69) is 39.7 Å². The lowest BCUT2D eigenvalue weighted by Gasteiger charge is -2.35. The van der Waals surface area contributed by atoms with Crippen LogP contribution in [0.4, 0.5) is 10.1 Å². The number of anilines is 1. The number of aliphatic imine (C=N–C) groups is 1. The molecule has 0 aromatic heterocycles. The molecule has 26 heavy (non-hydrogen) atoms. The summed E-state index contributed by atoms with van der Waals surface area (Å²) in [5.41, 5.74) is 0.441. The van der Waals surface area contributed by atoms with E-state index in [1.54, 1.807) is 19.2 Å². The minimum Gasteiger partial charge on any atom is -0.354 e. The second-order valence-electron chi connectivity index (χ2n) is 6.53. The first-order chi connectivity index (χ1) is 12.0. The van der Waals surface area contributed by atoms with Gasteiger partial charge in [-0.3, -0.25) is 9.79 Å². The monoisotopic (exact) mass is 477 g/mol. The van der Waals surface area contributed by atoms with Crippen LogP contribution in [0.5, 0.6) is 0 Å². The van der Waals surface area contributed by atoms with Crippen LogP contribution in [0.3, 0.4) is 0 Å². The van der Waals surface area contributed by atoms with Crippen LogP contribution in [0, 0.1) is 5.82 Å². The van der Waals surface area contributed by atoms with Gasteiger partial charge in [0.15, 0.2) is 5.96 Å². The lowest BCUT2D eigenvalue weighted by Crippen LogP contribution is -2.50. The average Bonchev–Trinajstić information content (AvgIpc) is 2.59. The largest absolute Gasteiger partial charge is 0.354 e. The van der Waals surface area contributed by atoms with Crippen molar-refractivity contribution in [2.24, 2.45) is 4.99 Å². The molecule has 1 aromatic carbocycles. The summed E-state index contributed by atoms with van der Waals surface area (Å²) < 4.78 is 13.1. The molecule has 146 valence electrons. The van der Waals surface area contributed by atoms with Crippen molar-refractivity contribution in [2.75, 3.05) is 32.0 Å². The summed E-state index contributed by atoms with van der Waals surface area (Å²) >= 11 is 0. The fourth-order valence-electron chi connectivity index (χ4n) is 2.88. The molecule has 1 aromatic rings. The highest BCUT2D eigenvalue weighted by Gasteiger charge is 2.21. The lowest BCUT2D eigenvalue weighted by molar-refractivity contribution is -0.115. The lowest BCUT2D eigenvalue weighted by atomic mass is 10.0. The van der Waals surface area contributed by atoms with Gasteiger partial charge in [0.05, 0.1) is 6.54 Å². The minimum atomic E-state index is -0.379. The van der Waals surface area contributed by atoms with Gasteiger partial charge in [0.2, 0.25) is 5.91 Å². The SMILES string of the molecule is CN=C(NCC(=O)Nc1cccc(F)c1)NC1CCN(C(C)C)CC1.I. The van der Waals surface area contributed by atoms with Crippen LogP contribution in [-0.4, -0.2) is 55.5 Å². The third-order valence-electron chi connectivity index (χ3n) is 4.35. The van der Waals surface area contributed by atoms with Gasteiger partial charge >= 0.3 is 0 Å². The number of likely N-dealkylation sites (tertiary alicyclic amines) is 1. The number of carbonyl (C=O) groups excluding carboxylic acids is 1. The van der Waals surface area contributed by atoms with E-state index in [0.29, 0.717) is 23.7 Å². The van der Waals surface area contributed by atoms with E-state index in [1.165, 1.54) is 12.1 Å². The second-order valence-corrected chi connectivity index (χ2v) is 6.53. The first-order valence-electron chi connectivity index (χ1n) is 8.74. The van der Waals surface area contributed by atoms with Crippen LogP contribution in [0.25, 0.3) is 0 Å².